The first-order chi connectivity index (χ1) is 23.8. The Morgan fingerprint density at radius 1 is 0.980 bits per heavy atom. The molecule has 1 saturated carbocycles. The molecule has 4 aliphatic carbocycles. The molecule has 13 nitrogen and oxygen atoms in total. The van der Waals surface area contributed by atoms with E-state index < -0.39 is 87.9 Å². The lowest BCUT2D eigenvalue weighted by Crippen LogP contribution is -2.63. The Hall–Kier alpha value is -5.92. The van der Waals surface area contributed by atoms with Gasteiger partial charge in [-0.25, -0.2) is 4.79 Å². The Morgan fingerprint density at radius 3 is 2.22 bits per heavy atom. The van der Waals surface area contributed by atoms with E-state index in [4.69, 9.17) is 10.5 Å². The summed E-state index contributed by atoms with van der Waals surface area (Å²) < 4.78 is 5.55. The molecule has 50 heavy (non-hydrogen) atoms. The SMILES string of the molecule is C=C(NC(=O)OCC1c2ccccc2-c2ccccc21)Nc1ccc2c(c1O)C(O)=C1C(=O)[C@]3(O)C(O)=C(C(N)=O)C(=O)C[C@@H]3[C@@H](O)[C@@H]1[C@H]2C. The summed E-state index contributed by atoms with van der Waals surface area (Å²) in [4.78, 5) is 51.3. The van der Waals surface area contributed by atoms with Crippen molar-refractivity contribution in [2.75, 3.05) is 11.9 Å². The monoisotopic (exact) mass is 679 g/mol. The number of aliphatic hydroxyl groups is 4. The van der Waals surface area contributed by atoms with Crippen molar-refractivity contribution >= 4 is 35.0 Å². The number of carbonyl (C=O) groups is 4. The predicted molar refractivity (Wildman–Crippen MR) is 178 cm³/mol. The van der Waals surface area contributed by atoms with Crippen molar-refractivity contribution in [3.05, 3.63) is 112 Å². The van der Waals surface area contributed by atoms with E-state index in [2.05, 4.69) is 17.2 Å². The molecule has 4 aliphatic rings. The Kier molecular flexibility index (Phi) is 7.57. The van der Waals surface area contributed by atoms with Crippen LogP contribution < -0.4 is 16.4 Å². The lowest BCUT2D eigenvalue weighted by molar-refractivity contribution is -0.160. The van der Waals surface area contributed by atoms with Gasteiger partial charge >= 0.3 is 6.09 Å². The van der Waals surface area contributed by atoms with E-state index in [9.17, 15) is 44.7 Å². The van der Waals surface area contributed by atoms with E-state index >= 15 is 0 Å². The number of ether oxygens (including phenoxy) is 1. The number of rotatable bonds is 6. The third kappa shape index (κ3) is 4.61. The second-order valence-electron chi connectivity index (χ2n) is 13.0. The van der Waals surface area contributed by atoms with Crippen molar-refractivity contribution in [2.24, 2.45) is 17.6 Å². The Bertz CT molecular complexity index is 2070. The summed E-state index contributed by atoms with van der Waals surface area (Å²) in [6.07, 6.45) is -3.12. The minimum Gasteiger partial charge on any atom is -0.508 e. The van der Waals surface area contributed by atoms with E-state index in [1.54, 1.807) is 6.92 Å². The van der Waals surface area contributed by atoms with Gasteiger partial charge in [-0.1, -0.05) is 68.1 Å². The van der Waals surface area contributed by atoms with Crippen molar-refractivity contribution in [1.29, 1.82) is 0 Å². The number of fused-ring (bicyclic) bond motifs is 6. The van der Waals surface area contributed by atoms with Gasteiger partial charge in [0.2, 0.25) is 5.78 Å². The number of Topliss-reactive ketones (excluding diaryl/α,β-unsaturated/α-hetero) is 2. The van der Waals surface area contributed by atoms with Crippen LogP contribution in [0.15, 0.2) is 90.0 Å². The molecule has 0 bridgehead atoms. The van der Waals surface area contributed by atoms with Crippen molar-refractivity contribution < 1.29 is 49.4 Å². The first-order valence-electron chi connectivity index (χ1n) is 15.9. The summed E-state index contributed by atoms with van der Waals surface area (Å²) in [5.41, 5.74) is 5.10. The van der Waals surface area contributed by atoms with Crippen LogP contribution in [0.5, 0.6) is 5.75 Å². The standard InChI is InChI=1S/C37H33N3O10/c1-15-17-11-12-24(39-16(2)40-36(48)50-14-22-20-9-5-3-7-18(20)19-8-4-6-10-21(19)22)31(43)27(17)32(44)29-26(15)30(42)23-13-25(41)28(35(38)47)33(45)37(23,49)34(29)46/h3-12,15,22-23,26,30,39,42-45,49H,2,13-14H2,1H3,(H2,38,47)(H,40,48)/t15-,23+,26+,30+,37+/m0/s1. The molecule has 0 aliphatic heterocycles. The lowest BCUT2D eigenvalue weighted by Gasteiger charge is -2.50. The average Bonchev–Trinajstić information content (AvgIpc) is 3.40. The largest absolute Gasteiger partial charge is 0.508 e. The number of carbonyl (C=O) groups excluding carboxylic acids is 4. The van der Waals surface area contributed by atoms with Crippen LogP contribution in [0, 0.1) is 11.8 Å². The molecule has 0 aromatic heterocycles. The van der Waals surface area contributed by atoms with Gasteiger partial charge < -0.3 is 41.3 Å². The van der Waals surface area contributed by atoms with Crippen LogP contribution >= 0.6 is 0 Å². The number of alkyl carbamates (subject to hydrolysis) is 1. The van der Waals surface area contributed by atoms with Gasteiger partial charge in [0.15, 0.2) is 11.4 Å². The lowest BCUT2D eigenvalue weighted by atomic mass is 9.55. The number of benzene rings is 3. The molecule has 256 valence electrons. The number of aromatic hydroxyl groups is 1. The van der Waals surface area contributed by atoms with E-state index in [0.717, 1.165) is 22.3 Å². The number of hydrogen-bond donors (Lipinski definition) is 8. The first kappa shape index (κ1) is 32.6. The van der Waals surface area contributed by atoms with Gasteiger partial charge in [0.05, 0.1) is 17.4 Å². The first-order valence-corrected chi connectivity index (χ1v) is 15.9. The summed E-state index contributed by atoms with van der Waals surface area (Å²) >= 11 is 0. The molecule has 13 heteroatoms. The zero-order chi connectivity index (χ0) is 35.8. The van der Waals surface area contributed by atoms with Crippen molar-refractivity contribution in [1.82, 2.24) is 5.32 Å². The number of amides is 2. The zero-order valence-corrected chi connectivity index (χ0v) is 26.6. The van der Waals surface area contributed by atoms with Crippen LogP contribution in [0.25, 0.3) is 16.9 Å². The number of phenols is 1. The summed E-state index contributed by atoms with van der Waals surface area (Å²) in [6, 6.07) is 18.7. The number of hydrogen-bond acceptors (Lipinski definition) is 11. The minimum absolute atomic E-state index is 0.0343. The fourth-order valence-corrected chi connectivity index (χ4v) is 8.05. The van der Waals surface area contributed by atoms with Gasteiger partial charge in [-0.15, -0.1) is 0 Å². The normalized spacial score (nSPS) is 25.2. The highest BCUT2D eigenvalue weighted by molar-refractivity contribution is 6.23. The highest BCUT2D eigenvalue weighted by atomic mass is 16.5. The summed E-state index contributed by atoms with van der Waals surface area (Å²) in [5.74, 6) is -9.93. The number of nitrogens with two attached hydrogens (primary N) is 1. The third-order valence-electron chi connectivity index (χ3n) is 10.4. The maximum absolute atomic E-state index is 13.9. The van der Waals surface area contributed by atoms with Crippen LogP contribution in [0.2, 0.25) is 0 Å². The van der Waals surface area contributed by atoms with Gasteiger partial charge in [-0.05, 0) is 39.8 Å². The Morgan fingerprint density at radius 2 is 1.60 bits per heavy atom. The smallest absolute Gasteiger partial charge is 0.412 e. The number of nitrogens with one attached hydrogen (secondary N) is 2. The van der Waals surface area contributed by atoms with Crippen molar-refractivity contribution in [2.45, 2.75) is 36.9 Å². The van der Waals surface area contributed by atoms with Crippen molar-refractivity contribution in [3.8, 4) is 16.9 Å². The molecule has 3 aromatic carbocycles. The van der Waals surface area contributed by atoms with Crippen molar-refractivity contribution in [3.63, 3.8) is 0 Å². The molecule has 5 atom stereocenters. The molecular formula is C37H33N3O10. The molecule has 0 saturated heterocycles. The fourth-order valence-electron chi connectivity index (χ4n) is 8.05. The Balaban J connectivity index is 1.12. The fraction of sp³-hybridized carbons (Fsp3) is 0.243. The van der Waals surface area contributed by atoms with Gasteiger partial charge in [0, 0.05) is 29.7 Å². The minimum atomic E-state index is -2.94. The third-order valence-corrected chi connectivity index (χ3v) is 10.4. The second kappa shape index (κ2) is 11.6. The zero-order valence-electron chi connectivity index (χ0n) is 26.6. The molecule has 0 unspecified atom stereocenters. The average molecular weight is 680 g/mol. The highest BCUT2D eigenvalue weighted by Crippen LogP contribution is 2.56. The summed E-state index contributed by atoms with van der Waals surface area (Å²) in [5, 5.41) is 61.7. The van der Waals surface area contributed by atoms with E-state index in [1.807, 2.05) is 48.5 Å². The molecule has 0 heterocycles. The topological polar surface area (TPSA) is 229 Å². The van der Waals surface area contributed by atoms with E-state index in [0.29, 0.717) is 5.56 Å². The van der Waals surface area contributed by atoms with Crippen LogP contribution in [0.1, 0.15) is 47.4 Å². The second-order valence-corrected chi connectivity index (χ2v) is 13.0. The van der Waals surface area contributed by atoms with Gasteiger partial charge in [-0.2, -0.15) is 0 Å². The molecule has 0 radical (unpaired) electrons. The van der Waals surface area contributed by atoms with Crippen LogP contribution in [-0.2, 0) is 19.1 Å². The van der Waals surface area contributed by atoms with E-state index in [-0.39, 0.29) is 29.6 Å². The van der Waals surface area contributed by atoms with Gasteiger partial charge in [0.1, 0.15) is 35.3 Å². The highest BCUT2D eigenvalue weighted by Gasteiger charge is 2.65. The number of aliphatic hydroxyl groups excluding tert-OH is 3. The maximum atomic E-state index is 13.9. The molecular weight excluding hydrogens is 646 g/mol. The molecule has 2 amide bonds. The van der Waals surface area contributed by atoms with Gasteiger partial charge in [0.25, 0.3) is 5.91 Å². The maximum Gasteiger partial charge on any atom is 0.412 e. The molecule has 1 fully saturated rings. The molecule has 0 spiro atoms. The number of primary amides is 1. The quantitative estimate of drug-likeness (QED) is 0.139. The van der Waals surface area contributed by atoms with Crippen LogP contribution in [-0.4, -0.2) is 67.4 Å². The number of anilines is 1. The molecule has 7 rings (SSSR count). The molecule has 9 N–H and O–H groups in total. The van der Waals surface area contributed by atoms with Crippen LogP contribution in [0.3, 0.4) is 0 Å². The summed E-state index contributed by atoms with van der Waals surface area (Å²) in [6.45, 7) is 5.45. The predicted octanol–water partition coefficient (Wildman–Crippen LogP) is 3.38. The number of ketones is 2. The Labute approximate surface area is 285 Å². The van der Waals surface area contributed by atoms with E-state index in [1.165, 1.54) is 12.1 Å². The molecule has 3 aromatic rings. The summed E-state index contributed by atoms with van der Waals surface area (Å²) in [7, 11) is 0. The number of phenolic OH excluding ortho intramolecular Hbond substituents is 1. The van der Waals surface area contributed by atoms with Crippen LogP contribution in [0.4, 0.5) is 10.5 Å². The van der Waals surface area contributed by atoms with Gasteiger partial charge in [-0.3, -0.25) is 19.7 Å².